The lowest BCUT2D eigenvalue weighted by atomic mass is 9.99. The molecule has 5 aromatic rings. The lowest BCUT2D eigenvalue weighted by Crippen LogP contribution is -2.30. The van der Waals surface area contributed by atoms with E-state index in [-0.39, 0.29) is 18.0 Å². The van der Waals surface area contributed by atoms with Crippen molar-refractivity contribution < 1.29 is 19.2 Å². The largest absolute Gasteiger partial charge is 0.496 e. The summed E-state index contributed by atoms with van der Waals surface area (Å²) in [7, 11) is 1.55. The molecule has 0 aliphatic carbocycles. The van der Waals surface area contributed by atoms with Crippen LogP contribution in [0.15, 0.2) is 70.2 Å². The number of fused-ring (bicyclic) bond motifs is 1. The van der Waals surface area contributed by atoms with Crippen LogP contribution in [-0.2, 0) is 6.54 Å². The summed E-state index contributed by atoms with van der Waals surface area (Å²) in [5, 5.41) is 16.8. The number of anilines is 1. The maximum Gasteiger partial charge on any atom is 0.264 e. The predicted octanol–water partition coefficient (Wildman–Crippen LogP) is 4.08. The maximum absolute atomic E-state index is 13.6. The molecule has 10 heteroatoms. The Morgan fingerprint density at radius 2 is 1.97 bits per heavy atom. The summed E-state index contributed by atoms with van der Waals surface area (Å²) < 4.78 is 12.6. The first-order valence-corrected chi connectivity index (χ1v) is 11.4. The highest BCUT2D eigenvalue weighted by Crippen LogP contribution is 2.37. The standard InChI is InChI=1S/C27H23N5O5/c1-15-25(16(2)37-31-15)20-10-17-11-21(26(34)30-18-7-8-24(33)29-13-18)27(35)32(22(17)12-23(20)36-3)14-19-6-4-5-9-28-19/h4-13H,14H2,1-3H3,(H,29,33)(H,30,34). The summed E-state index contributed by atoms with van der Waals surface area (Å²) in [4.78, 5) is 35.0. The van der Waals surface area contributed by atoms with Crippen molar-refractivity contribution in [2.45, 2.75) is 20.4 Å². The van der Waals surface area contributed by atoms with Crippen molar-refractivity contribution >= 4 is 22.5 Å². The molecule has 4 heterocycles. The van der Waals surface area contributed by atoms with Gasteiger partial charge in [-0.1, -0.05) is 11.2 Å². The smallest absolute Gasteiger partial charge is 0.264 e. The molecule has 0 atom stereocenters. The number of hydrogen-bond donors (Lipinski definition) is 2. The number of nitrogens with zero attached hydrogens (tertiary/aromatic N) is 4. The molecule has 0 radical (unpaired) electrons. The van der Waals surface area contributed by atoms with Gasteiger partial charge in [-0.2, -0.15) is 0 Å². The molecule has 4 aromatic heterocycles. The van der Waals surface area contributed by atoms with Crippen molar-refractivity contribution in [3.63, 3.8) is 0 Å². The average molecular weight is 498 g/mol. The number of carbonyl (C=O) groups is 1. The van der Waals surface area contributed by atoms with Crippen LogP contribution in [0.5, 0.6) is 11.6 Å². The van der Waals surface area contributed by atoms with Gasteiger partial charge in [0.25, 0.3) is 11.5 Å². The van der Waals surface area contributed by atoms with Crippen molar-refractivity contribution in [3.8, 4) is 22.8 Å². The molecular weight excluding hydrogens is 474 g/mol. The SMILES string of the molecule is COc1cc2c(cc1-c1c(C)noc1C)cc(C(=O)Nc1ccc(O)nc1)c(=O)n2Cc1ccccn1. The quantitative estimate of drug-likeness (QED) is 0.359. The monoisotopic (exact) mass is 497 g/mol. The van der Waals surface area contributed by atoms with Gasteiger partial charge in [-0.25, -0.2) is 4.98 Å². The summed E-state index contributed by atoms with van der Waals surface area (Å²) >= 11 is 0. The topological polar surface area (TPSA) is 132 Å². The normalized spacial score (nSPS) is 11.0. The minimum atomic E-state index is -0.608. The molecule has 0 saturated heterocycles. The summed E-state index contributed by atoms with van der Waals surface area (Å²) in [6.07, 6.45) is 2.95. The highest BCUT2D eigenvalue weighted by atomic mass is 16.5. The van der Waals surface area contributed by atoms with E-state index in [0.717, 1.165) is 11.1 Å². The fourth-order valence-electron chi connectivity index (χ4n) is 4.27. The highest BCUT2D eigenvalue weighted by Gasteiger charge is 2.21. The van der Waals surface area contributed by atoms with Gasteiger partial charge in [-0.05, 0) is 44.2 Å². The van der Waals surface area contributed by atoms with Crippen LogP contribution in [-0.4, -0.2) is 37.8 Å². The van der Waals surface area contributed by atoms with Crippen LogP contribution < -0.4 is 15.6 Å². The van der Waals surface area contributed by atoms with Crippen LogP contribution in [0.25, 0.3) is 22.0 Å². The van der Waals surface area contributed by atoms with Crippen molar-refractivity contribution in [3.05, 3.63) is 94.0 Å². The van der Waals surface area contributed by atoms with Gasteiger partial charge in [-0.15, -0.1) is 0 Å². The second kappa shape index (κ2) is 9.57. The Labute approximate surface area is 211 Å². The number of pyridine rings is 3. The zero-order valence-electron chi connectivity index (χ0n) is 20.3. The molecule has 37 heavy (non-hydrogen) atoms. The first-order chi connectivity index (χ1) is 17.9. The Hall–Kier alpha value is -4.99. The van der Waals surface area contributed by atoms with E-state index < -0.39 is 11.5 Å². The number of benzene rings is 1. The Kier molecular flexibility index (Phi) is 6.14. The van der Waals surface area contributed by atoms with Gasteiger partial charge in [0, 0.05) is 29.3 Å². The van der Waals surface area contributed by atoms with Gasteiger partial charge in [-0.3, -0.25) is 14.6 Å². The fraction of sp³-hybridized carbons (Fsp3) is 0.148. The zero-order valence-corrected chi connectivity index (χ0v) is 20.3. The van der Waals surface area contributed by atoms with E-state index in [1.807, 2.05) is 32.0 Å². The molecule has 0 unspecified atom stereocenters. The van der Waals surface area contributed by atoms with Gasteiger partial charge in [0.05, 0.1) is 48.0 Å². The summed E-state index contributed by atoms with van der Waals surface area (Å²) in [6, 6.07) is 13.4. The number of aryl methyl sites for hydroxylation is 2. The number of hydrogen-bond acceptors (Lipinski definition) is 8. The van der Waals surface area contributed by atoms with Gasteiger partial charge >= 0.3 is 0 Å². The molecule has 0 aliphatic heterocycles. The van der Waals surface area contributed by atoms with Crippen molar-refractivity contribution in [2.75, 3.05) is 12.4 Å². The predicted molar refractivity (Wildman–Crippen MR) is 137 cm³/mol. The van der Waals surface area contributed by atoms with E-state index in [9.17, 15) is 14.7 Å². The number of aromatic hydroxyl groups is 1. The molecule has 0 saturated carbocycles. The number of aromatic nitrogens is 4. The van der Waals surface area contributed by atoms with Crippen LogP contribution in [0.1, 0.15) is 27.5 Å². The van der Waals surface area contributed by atoms with Gasteiger partial charge in [0.1, 0.15) is 17.1 Å². The molecule has 5 rings (SSSR count). The van der Waals surface area contributed by atoms with E-state index in [1.165, 1.54) is 22.9 Å². The summed E-state index contributed by atoms with van der Waals surface area (Å²) in [5.41, 5.74) is 3.21. The number of rotatable bonds is 6. The summed E-state index contributed by atoms with van der Waals surface area (Å²) in [5.74, 6) is 0.365. The van der Waals surface area contributed by atoms with E-state index in [4.69, 9.17) is 9.26 Å². The van der Waals surface area contributed by atoms with E-state index in [2.05, 4.69) is 20.4 Å². The molecule has 1 aromatic carbocycles. The average Bonchev–Trinajstić information content (AvgIpc) is 3.24. The van der Waals surface area contributed by atoms with E-state index in [1.54, 1.807) is 31.5 Å². The van der Waals surface area contributed by atoms with Crippen LogP contribution in [0.3, 0.4) is 0 Å². The van der Waals surface area contributed by atoms with Crippen LogP contribution in [0.2, 0.25) is 0 Å². The lowest BCUT2D eigenvalue weighted by molar-refractivity contribution is 0.102. The molecular formula is C27H23N5O5. The molecule has 0 aliphatic rings. The second-order valence-electron chi connectivity index (χ2n) is 8.44. The summed E-state index contributed by atoms with van der Waals surface area (Å²) in [6.45, 7) is 3.79. The van der Waals surface area contributed by atoms with Gasteiger partial charge in [0.2, 0.25) is 5.88 Å². The van der Waals surface area contributed by atoms with Crippen LogP contribution in [0, 0.1) is 13.8 Å². The highest BCUT2D eigenvalue weighted by molar-refractivity contribution is 6.06. The Balaban J connectivity index is 1.72. The lowest BCUT2D eigenvalue weighted by Gasteiger charge is -2.16. The number of methoxy groups -OCH3 is 1. The maximum atomic E-state index is 13.6. The van der Waals surface area contributed by atoms with Crippen LogP contribution in [0.4, 0.5) is 5.69 Å². The number of nitrogens with one attached hydrogen (secondary N) is 1. The minimum Gasteiger partial charge on any atom is -0.496 e. The minimum absolute atomic E-state index is 0.0635. The van der Waals surface area contributed by atoms with E-state index >= 15 is 0 Å². The third-order valence-corrected chi connectivity index (χ3v) is 6.01. The fourth-order valence-corrected chi connectivity index (χ4v) is 4.27. The molecule has 2 N–H and O–H groups in total. The Morgan fingerprint density at radius 3 is 2.62 bits per heavy atom. The third-order valence-electron chi connectivity index (χ3n) is 6.01. The molecule has 1 amide bonds. The third kappa shape index (κ3) is 4.52. The van der Waals surface area contributed by atoms with Gasteiger partial charge in [0.15, 0.2) is 0 Å². The van der Waals surface area contributed by atoms with Crippen LogP contribution >= 0.6 is 0 Å². The Morgan fingerprint density at radius 1 is 1.14 bits per heavy atom. The molecule has 10 nitrogen and oxygen atoms in total. The van der Waals surface area contributed by atoms with E-state index in [0.29, 0.717) is 39.5 Å². The number of ether oxygens (including phenoxy) is 1. The van der Waals surface area contributed by atoms with Crippen molar-refractivity contribution in [1.82, 2.24) is 19.7 Å². The van der Waals surface area contributed by atoms with Crippen molar-refractivity contribution in [2.24, 2.45) is 0 Å². The molecule has 0 spiro atoms. The first kappa shape index (κ1) is 23.7. The molecule has 0 fully saturated rings. The Bertz CT molecular complexity index is 1650. The first-order valence-electron chi connectivity index (χ1n) is 11.4. The second-order valence-corrected chi connectivity index (χ2v) is 8.44. The van der Waals surface area contributed by atoms with Crippen molar-refractivity contribution in [1.29, 1.82) is 0 Å². The molecule has 186 valence electrons. The zero-order chi connectivity index (χ0) is 26.1. The van der Waals surface area contributed by atoms with Gasteiger partial charge < -0.3 is 24.3 Å². The number of amides is 1. The number of carbonyl (C=O) groups excluding carboxylic acids is 1. The molecule has 0 bridgehead atoms.